The van der Waals surface area contributed by atoms with E-state index in [0.717, 1.165) is 0 Å². The van der Waals surface area contributed by atoms with Crippen molar-refractivity contribution in [3.63, 3.8) is 0 Å². The van der Waals surface area contributed by atoms with Gasteiger partial charge in [-0.25, -0.2) is 0 Å². The van der Waals surface area contributed by atoms with Crippen LogP contribution in [0.3, 0.4) is 0 Å². The van der Waals surface area contributed by atoms with Gasteiger partial charge in [0.2, 0.25) is 0 Å². The van der Waals surface area contributed by atoms with Crippen LogP contribution in [0.15, 0.2) is 24.3 Å². The second kappa shape index (κ2) is 2.48. The van der Waals surface area contributed by atoms with Gasteiger partial charge >= 0.3 is 0 Å². The minimum atomic E-state index is 0.219. The van der Waals surface area contributed by atoms with Crippen molar-refractivity contribution in [3.8, 4) is 5.75 Å². The Hall–Kier alpha value is -1.02. The summed E-state index contributed by atoms with van der Waals surface area (Å²) in [6, 6.07) is 7.60. The average molecular weight is 177 g/mol. The van der Waals surface area contributed by atoms with Crippen LogP contribution >= 0.6 is 0 Å². The summed E-state index contributed by atoms with van der Waals surface area (Å²) in [4.78, 5) is 0. The maximum atomic E-state index is 9.12. The Morgan fingerprint density at radius 1 is 1.23 bits per heavy atom. The Labute approximate surface area is 78.4 Å². The predicted molar refractivity (Wildman–Crippen MR) is 52.6 cm³/mol. The fourth-order valence-corrected chi connectivity index (χ4v) is 2.00. The Morgan fingerprint density at radius 3 is 2.08 bits per heavy atom. The lowest BCUT2D eigenvalue weighted by molar-refractivity contribution is 0.475. The molecule has 2 unspecified atom stereocenters. The summed E-state index contributed by atoms with van der Waals surface area (Å²) in [5.74, 6) is 0.767. The van der Waals surface area contributed by atoms with E-state index in [4.69, 9.17) is 10.8 Å². The third-order valence-electron chi connectivity index (χ3n) is 3.16. The molecular formula is C11H15NO. The van der Waals surface area contributed by atoms with E-state index in [0.29, 0.717) is 11.7 Å². The Kier molecular flexibility index (Phi) is 1.64. The standard InChI is InChI=1S/C11H15NO/c1-11(2)9(10(11)12)7-3-5-8(13)6-4-7/h3-6,9-10,13H,12H2,1-2H3. The average Bonchev–Trinajstić information content (AvgIpc) is 2.55. The largest absolute Gasteiger partial charge is 0.508 e. The number of hydrogen-bond donors (Lipinski definition) is 2. The van der Waals surface area contributed by atoms with Gasteiger partial charge in [0.05, 0.1) is 0 Å². The summed E-state index contributed by atoms with van der Waals surface area (Å²) in [6.45, 7) is 4.35. The molecule has 1 aromatic rings. The molecule has 2 heteroatoms. The molecule has 0 saturated heterocycles. The first-order valence-electron chi connectivity index (χ1n) is 4.58. The van der Waals surface area contributed by atoms with Gasteiger partial charge in [0.25, 0.3) is 0 Å². The lowest BCUT2D eigenvalue weighted by atomic mass is 10.0. The molecule has 13 heavy (non-hydrogen) atoms. The third kappa shape index (κ3) is 1.22. The molecule has 1 fully saturated rings. The van der Waals surface area contributed by atoms with Crippen LogP contribution in [-0.4, -0.2) is 11.1 Å². The van der Waals surface area contributed by atoms with Crippen LogP contribution < -0.4 is 5.73 Å². The molecule has 1 aromatic carbocycles. The normalized spacial score (nSPS) is 30.1. The Bertz CT molecular complexity index is 315. The second-order valence-electron chi connectivity index (χ2n) is 4.42. The number of rotatable bonds is 1. The zero-order valence-electron chi connectivity index (χ0n) is 7.99. The van der Waals surface area contributed by atoms with Crippen molar-refractivity contribution in [1.82, 2.24) is 0 Å². The van der Waals surface area contributed by atoms with Crippen LogP contribution in [0.2, 0.25) is 0 Å². The molecule has 2 nitrogen and oxygen atoms in total. The number of hydrogen-bond acceptors (Lipinski definition) is 2. The van der Waals surface area contributed by atoms with E-state index in [1.54, 1.807) is 12.1 Å². The third-order valence-corrected chi connectivity index (χ3v) is 3.16. The van der Waals surface area contributed by atoms with Gasteiger partial charge in [0, 0.05) is 12.0 Å². The van der Waals surface area contributed by atoms with Crippen LogP contribution in [0.4, 0.5) is 0 Å². The molecule has 0 spiro atoms. The molecule has 0 bridgehead atoms. The first-order chi connectivity index (χ1) is 6.03. The first-order valence-corrected chi connectivity index (χ1v) is 4.58. The highest BCUT2D eigenvalue weighted by molar-refractivity contribution is 5.36. The molecule has 1 aliphatic carbocycles. The molecule has 2 atom stereocenters. The van der Waals surface area contributed by atoms with Crippen molar-refractivity contribution in [2.75, 3.05) is 0 Å². The molecule has 0 aliphatic heterocycles. The summed E-state index contributed by atoms with van der Waals surface area (Å²) < 4.78 is 0. The lowest BCUT2D eigenvalue weighted by Gasteiger charge is -2.02. The maximum Gasteiger partial charge on any atom is 0.115 e. The fraction of sp³-hybridized carbons (Fsp3) is 0.455. The van der Waals surface area contributed by atoms with Crippen molar-refractivity contribution < 1.29 is 5.11 Å². The minimum Gasteiger partial charge on any atom is -0.508 e. The number of phenols is 1. The molecule has 0 amide bonds. The van der Waals surface area contributed by atoms with Crippen LogP contribution in [-0.2, 0) is 0 Å². The summed E-state index contributed by atoms with van der Waals surface area (Å²) in [5.41, 5.74) is 7.40. The highest BCUT2D eigenvalue weighted by Gasteiger charge is 2.55. The van der Waals surface area contributed by atoms with Crippen molar-refractivity contribution in [2.24, 2.45) is 11.1 Å². The summed E-state index contributed by atoms with van der Waals surface area (Å²) >= 11 is 0. The number of aromatic hydroxyl groups is 1. The van der Waals surface area contributed by atoms with Crippen molar-refractivity contribution in [2.45, 2.75) is 25.8 Å². The molecule has 70 valence electrons. The molecule has 1 aliphatic rings. The molecular weight excluding hydrogens is 162 g/mol. The van der Waals surface area contributed by atoms with Crippen LogP contribution in [0.5, 0.6) is 5.75 Å². The quantitative estimate of drug-likeness (QED) is 0.687. The first kappa shape index (κ1) is 8.57. The molecule has 2 rings (SSSR count). The monoisotopic (exact) mass is 177 g/mol. The van der Waals surface area contributed by atoms with E-state index in [2.05, 4.69) is 13.8 Å². The van der Waals surface area contributed by atoms with Gasteiger partial charge in [0.1, 0.15) is 5.75 Å². The highest BCUT2D eigenvalue weighted by Crippen LogP contribution is 2.57. The highest BCUT2D eigenvalue weighted by atomic mass is 16.3. The zero-order chi connectivity index (χ0) is 9.64. The molecule has 1 saturated carbocycles. The smallest absolute Gasteiger partial charge is 0.115 e. The van der Waals surface area contributed by atoms with E-state index in [1.807, 2.05) is 12.1 Å². The summed E-state index contributed by atoms with van der Waals surface area (Å²) in [5, 5.41) is 9.12. The summed E-state index contributed by atoms with van der Waals surface area (Å²) in [7, 11) is 0. The number of phenolic OH excluding ortho intramolecular Hbond substituents is 1. The van der Waals surface area contributed by atoms with Crippen LogP contribution in [0.25, 0.3) is 0 Å². The zero-order valence-corrected chi connectivity index (χ0v) is 7.99. The van der Waals surface area contributed by atoms with Crippen molar-refractivity contribution in [1.29, 1.82) is 0 Å². The summed E-state index contributed by atoms with van der Waals surface area (Å²) in [6.07, 6.45) is 0. The number of nitrogens with two attached hydrogens (primary N) is 1. The predicted octanol–water partition coefficient (Wildman–Crippen LogP) is 1.84. The van der Waals surface area contributed by atoms with E-state index in [1.165, 1.54) is 5.56 Å². The fourth-order valence-electron chi connectivity index (χ4n) is 2.00. The molecule has 0 aromatic heterocycles. The van der Waals surface area contributed by atoms with Crippen molar-refractivity contribution >= 4 is 0 Å². The Balaban J connectivity index is 2.25. The van der Waals surface area contributed by atoms with Gasteiger partial charge in [-0.1, -0.05) is 26.0 Å². The lowest BCUT2D eigenvalue weighted by Crippen LogP contribution is -2.06. The van der Waals surface area contributed by atoms with Gasteiger partial charge < -0.3 is 10.8 Å². The topological polar surface area (TPSA) is 46.2 Å². The van der Waals surface area contributed by atoms with Gasteiger partial charge in [-0.2, -0.15) is 0 Å². The van der Waals surface area contributed by atoms with E-state index in [-0.39, 0.29) is 11.5 Å². The van der Waals surface area contributed by atoms with Gasteiger partial charge in [-0.05, 0) is 23.1 Å². The van der Waals surface area contributed by atoms with Gasteiger partial charge in [-0.3, -0.25) is 0 Å². The van der Waals surface area contributed by atoms with E-state index < -0.39 is 0 Å². The molecule has 0 radical (unpaired) electrons. The van der Waals surface area contributed by atoms with Crippen LogP contribution in [0, 0.1) is 5.41 Å². The second-order valence-corrected chi connectivity index (χ2v) is 4.42. The van der Waals surface area contributed by atoms with Gasteiger partial charge in [-0.15, -0.1) is 0 Å². The van der Waals surface area contributed by atoms with E-state index in [9.17, 15) is 0 Å². The molecule has 0 heterocycles. The van der Waals surface area contributed by atoms with E-state index >= 15 is 0 Å². The Morgan fingerprint density at radius 2 is 1.69 bits per heavy atom. The molecule has 3 N–H and O–H groups in total. The maximum absolute atomic E-state index is 9.12. The number of benzene rings is 1. The van der Waals surface area contributed by atoms with Crippen molar-refractivity contribution in [3.05, 3.63) is 29.8 Å². The van der Waals surface area contributed by atoms with Gasteiger partial charge in [0.15, 0.2) is 0 Å². The SMILES string of the molecule is CC1(C)C(N)C1c1ccc(O)cc1. The minimum absolute atomic E-state index is 0.219. The van der Waals surface area contributed by atoms with Crippen LogP contribution in [0.1, 0.15) is 25.3 Å².